The maximum Gasteiger partial charge on any atom is 0.198 e. The van der Waals surface area contributed by atoms with E-state index in [1.54, 1.807) is 6.20 Å². The number of Topliss-reactive ketones (excluding diaryl/α,β-unsaturated/α-hetero) is 1. The van der Waals surface area contributed by atoms with E-state index in [2.05, 4.69) is 22.6 Å². The van der Waals surface area contributed by atoms with Crippen LogP contribution in [-0.2, 0) is 0 Å². The van der Waals surface area contributed by atoms with Gasteiger partial charge in [-0.15, -0.1) is 0 Å². The molecule has 0 bridgehead atoms. The van der Waals surface area contributed by atoms with Crippen molar-refractivity contribution in [1.29, 1.82) is 0 Å². The van der Waals surface area contributed by atoms with Gasteiger partial charge in [0.2, 0.25) is 0 Å². The molecule has 1 N–H and O–H groups in total. The predicted octanol–water partition coefficient (Wildman–Crippen LogP) is 1.61. The van der Waals surface area contributed by atoms with Crippen LogP contribution in [0.15, 0.2) is 6.20 Å². The number of carbonyl (C=O) groups excluding carboxylic acids is 1. The van der Waals surface area contributed by atoms with E-state index in [0.717, 1.165) is 17.9 Å². The lowest BCUT2D eigenvalue weighted by molar-refractivity contribution is 0.0973. The Morgan fingerprint density at radius 2 is 2.50 bits per heavy atom. The van der Waals surface area contributed by atoms with Crippen molar-refractivity contribution in [1.82, 2.24) is 9.97 Å². The van der Waals surface area contributed by atoms with Crippen molar-refractivity contribution >= 4 is 18.4 Å². The molecule has 0 unspecified atom stereocenters. The standard InChI is InChI=1S/C8H12N2OS/c1-6-5-9-8(10-6)7(11)3-2-4-12/h5,12H,2-4H2,1H3,(H,9,10). The third-order valence-electron chi connectivity index (χ3n) is 1.53. The van der Waals surface area contributed by atoms with E-state index >= 15 is 0 Å². The number of carbonyl (C=O) groups is 1. The number of ketones is 1. The highest BCUT2D eigenvalue weighted by molar-refractivity contribution is 7.80. The van der Waals surface area contributed by atoms with E-state index in [4.69, 9.17) is 0 Å². The minimum Gasteiger partial charge on any atom is -0.340 e. The zero-order chi connectivity index (χ0) is 8.97. The van der Waals surface area contributed by atoms with E-state index in [0.29, 0.717) is 12.2 Å². The summed E-state index contributed by atoms with van der Waals surface area (Å²) >= 11 is 4.03. The highest BCUT2D eigenvalue weighted by Gasteiger charge is 2.07. The number of nitrogens with one attached hydrogen (secondary N) is 1. The maximum atomic E-state index is 11.3. The van der Waals surface area contributed by atoms with Crippen molar-refractivity contribution in [2.75, 3.05) is 5.75 Å². The predicted molar refractivity (Wildman–Crippen MR) is 50.7 cm³/mol. The molecule has 0 aliphatic heterocycles. The molecule has 4 heteroatoms. The van der Waals surface area contributed by atoms with Crippen LogP contribution in [0.4, 0.5) is 0 Å². The molecule has 0 aromatic carbocycles. The summed E-state index contributed by atoms with van der Waals surface area (Å²) < 4.78 is 0. The Labute approximate surface area is 77.0 Å². The van der Waals surface area contributed by atoms with Gasteiger partial charge in [-0.05, 0) is 19.1 Å². The van der Waals surface area contributed by atoms with Crippen molar-refractivity contribution in [2.24, 2.45) is 0 Å². The average Bonchev–Trinajstić information content (AvgIpc) is 2.47. The fraction of sp³-hybridized carbons (Fsp3) is 0.500. The number of imidazole rings is 1. The largest absolute Gasteiger partial charge is 0.340 e. The van der Waals surface area contributed by atoms with Crippen molar-refractivity contribution in [3.8, 4) is 0 Å². The van der Waals surface area contributed by atoms with Gasteiger partial charge in [0.1, 0.15) is 0 Å². The lowest BCUT2D eigenvalue weighted by atomic mass is 10.2. The number of hydrogen-bond donors (Lipinski definition) is 2. The van der Waals surface area contributed by atoms with Gasteiger partial charge < -0.3 is 4.98 Å². The summed E-state index contributed by atoms with van der Waals surface area (Å²) in [6.07, 6.45) is 2.99. The Morgan fingerprint density at radius 3 is 3.00 bits per heavy atom. The SMILES string of the molecule is Cc1cnc(C(=O)CCCS)[nH]1. The smallest absolute Gasteiger partial charge is 0.198 e. The van der Waals surface area contributed by atoms with Crippen molar-refractivity contribution < 1.29 is 4.79 Å². The first kappa shape index (κ1) is 9.32. The van der Waals surface area contributed by atoms with Gasteiger partial charge >= 0.3 is 0 Å². The average molecular weight is 184 g/mol. The molecule has 12 heavy (non-hydrogen) atoms. The van der Waals surface area contributed by atoms with Gasteiger partial charge in [-0.1, -0.05) is 0 Å². The fourth-order valence-corrected chi connectivity index (χ4v) is 1.07. The summed E-state index contributed by atoms with van der Waals surface area (Å²) in [5, 5.41) is 0. The number of thiol groups is 1. The first-order valence-electron chi connectivity index (χ1n) is 3.89. The zero-order valence-corrected chi connectivity index (χ0v) is 7.90. The summed E-state index contributed by atoms with van der Waals surface area (Å²) in [4.78, 5) is 18.1. The van der Waals surface area contributed by atoms with Gasteiger partial charge in [-0.3, -0.25) is 4.79 Å². The first-order chi connectivity index (χ1) is 5.74. The lowest BCUT2D eigenvalue weighted by Gasteiger charge is -1.93. The van der Waals surface area contributed by atoms with Crippen LogP contribution in [0.5, 0.6) is 0 Å². The Kier molecular flexibility index (Phi) is 3.34. The molecule has 0 spiro atoms. The number of hydrogen-bond acceptors (Lipinski definition) is 3. The van der Waals surface area contributed by atoms with Crippen molar-refractivity contribution in [3.05, 3.63) is 17.7 Å². The second-order valence-corrected chi connectivity index (χ2v) is 3.11. The number of rotatable bonds is 4. The molecule has 1 aromatic heterocycles. The highest BCUT2D eigenvalue weighted by Crippen LogP contribution is 2.02. The number of H-pyrrole nitrogens is 1. The summed E-state index contributed by atoms with van der Waals surface area (Å²) in [6, 6.07) is 0. The van der Waals surface area contributed by atoms with Crippen LogP contribution in [0.2, 0.25) is 0 Å². The number of aromatic amines is 1. The second kappa shape index (κ2) is 4.30. The molecule has 0 amide bonds. The minimum atomic E-state index is 0.0668. The van der Waals surface area contributed by atoms with Gasteiger partial charge in [0.05, 0.1) is 0 Å². The molecule has 0 aliphatic rings. The molecule has 1 rings (SSSR count). The second-order valence-electron chi connectivity index (χ2n) is 2.67. The van der Waals surface area contributed by atoms with Crippen LogP contribution in [0.1, 0.15) is 29.2 Å². The van der Waals surface area contributed by atoms with Gasteiger partial charge in [0.25, 0.3) is 0 Å². The van der Waals surface area contributed by atoms with E-state index < -0.39 is 0 Å². The quantitative estimate of drug-likeness (QED) is 0.551. The van der Waals surface area contributed by atoms with Gasteiger partial charge in [0.15, 0.2) is 11.6 Å². The minimum absolute atomic E-state index is 0.0668. The van der Waals surface area contributed by atoms with Crippen LogP contribution >= 0.6 is 12.6 Å². The molecular weight excluding hydrogens is 172 g/mol. The van der Waals surface area contributed by atoms with Crippen LogP contribution in [0, 0.1) is 6.92 Å². The lowest BCUT2D eigenvalue weighted by Crippen LogP contribution is -2.01. The molecule has 1 aromatic rings. The third-order valence-corrected chi connectivity index (χ3v) is 1.85. The van der Waals surface area contributed by atoms with Crippen molar-refractivity contribution in [3.63, 3.8) is 0 Å². The summed E-state index contributed by atoms with van der Waals surface area (Å²) in [6.45, 7) is 1.88. The zero-order valence-electron chi connectivity index (χ0n) is 7.00. The van der Waals surface area contributed by atoms with Crippen LogP contribution in [-0.4, -0.2) is 21.5 Å². The molecule has 1 heterocycles. The van der Waals surface area contributed by atoms with Crippen molar-refractivity contribution in [2.45, 2.75) is 19.8 Å². The number of nitrogens with zero attached hydrogens (tertiary/aromatic N) is 1. The van der Waals surface area contributed by atoms with E-state index in [-0.39, 0.29) is 5.78 Å². The number of aromatic nitrogens is 2. The summed E-state index contributed by atoms with van der Waals surface area (Å²) in [5.74, 6) is 1.28. The van der Waals surface area contributed by atoms with Crippen LogP contribution in [0.25, 0.3) is 0 Å². The molecule has 0 radical (unpaired) electrons. The molecule has 3 nitrogen and oxygen atoms in total. The van der Waals surface area contributed by atoms with Gasteiger partial charge in [-0.2, -0.15) is 12.6 Å². The molecule has 0 saturated carbocycles. The molecule has 0 aliphatic carbocycles. The fourth-order valence-electron chi connectivity index (χ4n) is 0.912. The Bertz CT molecular complexity index is 270. The summed E-state index contributed by atoms with van der Waals surface area (Å²) in [5.41, 5.74) is 0.921. The van der Waals surface area contributed by atoms with E-state index in [9.17, 15) is 4.79 Å². The first-order valence-corrected chi connectivity index (χ1v) is 4.53. The van der Waals surface area contributed by atoms with E-state index in [1.165, 1.54) is 0 Å². The summed E-state index contributed by atoms with van der Waals surface area (Å²) in [7, 11) is 0. The van der Waals surface area contributed by atoms with Gasteiger partial charge in [0, 0.05) is 18.3 Å². The Balaban J connectivity index is 2.53. The molecule has 0 saturated heterocycles. The highest BCUT2D eigenvalue weighted by atomic mass is 32.1. The van der Waals surface area contributed by atoms with Gasteiger partial charge in [-0.25, -0.2) is 4.98 Å². The third kappa shape index (κ3) is 2.37. The topological polar surface area (TPSA) is 45.8 Å². The Morgan fingerprint density at radius 1 is 1.75 bits per heavy atom. The molecule has 66 valence electrons. The van der Waals surface area contributed by atoms with E-state index in [1.807, 2.05) is 6.92 Å². The monoisotopic (exact) mass is 184 g/mol. The number of aryl methyl sites for hydroxylation is 1. The van der Waals surface area contributed by atoms with Crippen LogP contribution < -0.4 is 0 Å². The molecule has 0 fully saturated rings. The van der Waals surface area contributed by atoms with Crippen LogP contribution in [0.3, 0.4) is 0 Å². The molecular formula is C8H12N2OS. The normalized spacial score (nSPS) is 10.2. The Hall–Kier alpha value is -0.770. The molecule has 0 atom stereocenters. The maximum absolute atomic E-state index is 11.3.